The Hall–Kier alpha value is -3.19. The molecular weight excluding hydrogens is 262 g/mol. The summed E-state index contributed by atoms with van der Waals surface area (Å²) < 4.78 is 0. The summed E-state index contributed by atoms with van der Waals surface area (Å²) in [5.74, 6) is -0.564. The van der Waals surface area contributed by atoms with Crippen molar-refractivity contribution in [2.24, 2.45) is 5.73 Å². The Kier molecular flexibility index (Phi) is 3.09. The van der Waals surface area contributed by atoms with E-state index in [0.29, 0.717) is 10.9 Å². The van der Waals surface area contributed by atoms with E-state index in [9.17, 15) is 10.1 Å². The SMILES string of the molecule is N#Cc1ccccc1-c1ccc2ccnc(C(N)=O)c2c1. The number of nitriles is 1. The molecule has 1 heterocycles. The van der Waals surface area contributed by atoms with Gasteiger partial charge in [-0.1, -0.05) is 30.3 Å². The molecule has 4 nitrogen and oxygen atoms in total. The van der Waals surface area contributed by atoms with Gasteiger partial charge < -0.3 is 5.73 Å². The minimum absolute atomic E-state index is 0.240. The fourth-order valence-corrected chi connectivity index (χ4v) is 2.36. The number of carbonyl (C=O) groups excluding carboxylic acids is 1. The molecule has 0 aliphatic carbocycles. The fraction of sp³-hybridized carbons (Fsp3) is 0. The third-order valence-electron chi connectivity index (χ3n) is 3.36. The number of nitrogens with two attached hydrogens (primary N) is 1. The number of carbonyl (C=O) groups is 1. The molecule has 0 radical (unpaired) electrons. The minimum Gasteiger partial charge on any atom is -0.364 e. The molecule has 0 spiro atoms. The van der Waals surface area contributed by atoms with Crippen molar-refractivity contribution in [2.75, 3.05) is 0 Å². The number of nitrogens with zero attached hydrogens (tertiary/aromatic N) is 2. The molecule has 0 aliphatic rings. The first-order valence-corrected chi connectivity index (χ1v) is 6.39. The van der Waals surface area contributed by atoms with Crippen molar-refractivity contribution in [3.8, 4) is 17.2 Å². The number of benzene rings is 2. The third kappa shape index (κ3) is 2.21. The highest BCUT2D eigenvalue weighted by Gasteiger charge is 2.10. The molecule has 4 heteroatoms. The molecule has 0 saturated heterocycles. The van der Waals surface area contributed by atoms with Gasteiger partial charge in [-0.3, -0.25) is 9.78 Å². The molecule has 0 atom stereocenters. The number of hydrogen-bond donors (Lipinski definition) is 1. The first kappa shape index (κ1) is 12.8. The van der Waals surface area contributed by atoms with E-state index in [0.717, 1.165) is 16.5 Å². The third-order valence-corrected chi connectivity index (χ3v) is 3.36. The number of primary amides is 1. The van der Waals surface area contributed by atoms with Gasteiger partial charge in [-0.25, -0.2) is 0 Å². The van der Waals surface area contributed by atoms with E-state index >= 15 is 0 Å². The van der Waals surface area contributed by atoms with Gasteiger partial charge in [-0.15, -0.1) is 0 Å². The van der Waals surface area contributed by atoms with Crippen LogP contribution in [0.3, 0.4) is 0 Å². The maximum absolute atomic E-state index is 11.5. The van der Waals surface area contributed by atoms with E-state index in [1.54, 1.807) is 12.3 Å². The molecule has 0 bridgehead atoms. The van der Waals surface area contributed by atoms with Crippen LogP contribution in [0.15, 0.2) is 54.7 Å². The summed E-state index contributed by atoms with van der Waals surface area (Å²) in [4.78, 5) is 15.5. The number of aromatic nitrogens is 1. The largest absolute Gasteiger partial charge is 0.364 e. The zero-order valence-corrected chi connectivity index (χ0v) is 11.1. The fourth-order valence-electron chi connectivity index (χ4n) is 2.36. The normalized spacial score (nSPS) is 10.2. The van der Waals surface area contributed by atoms with Crippen molar-refractivity contribution in [2.45, 2.75) is 0 Å². The van der Waals surface area contributed by atoms with Gasteiger partial charge in [-0.2, -0.15) is 5.26 Å². The van der Waals surface area contributed by atoms with Crippen LogP contribution in [-0.4, -0.2) is 10.9 Å². The molecule has 3 rings (SSSR count). The van der Waals surface area contributed by atoms with Crippen LogP contribution in [0.1, 0.15) is 16.1 Å². The predicted octanol–water partition coefficient (Wildman–Crippen LogP) is 2.87. The van der Waals surface area contributed by atoms with E-state index in [-0.39, 0.29) is 5.69 Å². The Labute approximate surface area is 121 Å². The molecule has 2 N–H and O–H groups in total. The van der Waals surface area contributed by atoms with Crippen molar-refractivity contribution < 1.29 is 4.79 Å². The van der Waals surface area contributed by atoms with Gasteiger partial charge in [0.2, 0.25) is 0 Å². The average Bonchev–Trinajstić information content (AvgIpc) is 2.53. The summed E-state index contributed by atoms with van der Waals surface area (Å²) in [5, 5.41) is 10.8. The lowest BCUT2D eigenvalue weighted by atomic mass is 9.97. The maximum Gasteiger partial charge on any atom is 0.267 e. The molecular formula is C17H11N3O. The molecule has 100 valence electrons. The van der Waals surface area contributed by atoms with E-state index in [1.807, 2.05) is 42.5 Å². The van der Waals surface area contributed by atoms with Crippen molar-refractivity contribution in [1.29, 1.82) is 5.26 Å². The van der Waals surface area contributed by atoms with Gasteiger partial charge in [0.05, 0.1) is 11.6 Å². The van der Waals surface area contributed by atoms with Gasteiger partial charge >= 0.3 is 0 Å². The predicted molar refractivity (Wildman–Crippen MR) is 80.4 cm³/mol. The highest BCUT2D eigenvalue weighted by Crippen LogP contribution is 2.27. The average molecular weight is 273 g/mol. The van der Waals surface area contributed by atoms with Crippen LogP contribution in [0.5, 0.6) is 0 Å². The van der Waals surface area contributed by atoms with Gasteiger partial charge in [0.1, 0.15) is 5.69 Å². The second-order valence-electron chi connectivity index (χ2n) is 4.62. The highest BCUT2D eigenvalue weighted by molar-refractivity contribution is 6.05. The number of amides is 1. The first-order valence-electron chi connectivity index (χ1n) is 6.39. The zero-order chi connectivity index (χ0) is 14.8. The van der Waals surface area contributed by atoms with Gasteiger partial charge in [0, 0.05) is 11.6 Å². The van der Waals surface area contributed by atoms with E-state index < -0.39 is 5.91 Å². The minimum atomic E-state index is -0.564. The van der Waals surface area contributed by atoms with Crippen LogP contribution in [0.25, 0.3) is 21.9 Å². The Balaban J connectivity index is 2.29. The van der Waals surface area contributed by atoms with Crippen LogP contribution in [0.4, 0.5) is 0 Å². The van der Waals surface area contributed by atoms with Crippen LogP contribution in [0, 0.1) is 11.3 Å². The Morgan fingerprint density at radius 2 is 1.95 bits per heavy atom. The highest BCUT2D eigenvalue weighted by atomic mass is 16.1. The Bertz CT molecular complexity index is 894. The van der Waals surface area contributed by atoms with Crippen molar-refractivity contribution in [3.63, 3.8) is 0 Å². The summed E-state index contributed by atoms with van der Waals surface area (Å²) >= 11 is 0. The molecule has 21 heavy (non-hydrogen) atoms. The number of pyridine rings is 1. The maximum atomic E-state index is 11.5. The lowest BCUT2D eigenvalue weighted by Crippen LogP contribution is -2.13. The quantitative estimate of drug-likeness (QED) is 0.779. The van der Waals surface area contributed by atoms with Crippen molar-refractivity contribution in [1.82, 2.24) is 4.98 Å². The summed E-state index contributed by atoms with van der Waals surface area (Å²) in [6, 6.07) is 17.0. The van der Waals surface area contributed by atoms with Crippen LogP contribution in [-0.2, 0) is 0 Å². The van der Waals surface area contributed by atoms with Crippen LogP contribution >= 0.6 is 0 Å². The first-order chi connectivity index (χ1) is 10.2. The number of hydrogen-bond acceptors (Lipinski definition) is 3. The van der Waals surface area contributed by atoms with Gasteiger partial charge in [0.15, 0.2) is 0 Å². The second-order valence-corrected chi connectivity index (χ2v) is 4.62. The summed E-state index contributed by atoms with van der Waals surface area (Å²) in [5.41, 5.74) is 7.87. The Morgan fingerprint density at radius 3 is 2.71 bits per heavy atom. The molecule has 0 unspecified atom stereocenters. The van der Waals surface area contributed by atoms with E-state index in [4.69, 9.17) is 5.73 Å². The summed E-state index contributed by atoms with van der Waals surface area (Å²) in [7, 11) is 0. The number of fused-ring (bicyclic) bond motifs is 1. The topological polar surface area (TPSA) is 79.8 Å². The monoisotopic (exact) mass is 273 g/mol. The second kappa shape index (κ2) is 5.06. The summed E-state index contributed by atoms with van der Waals surface area (Å²) in [6.45, 7) is 0. The summed E-state index contributed by atoms with van der Waals surface area (Å²) in [6.07, 6.45) is 1.56. The lowest BCUT2D eigenvalue weighted by Gasteiger charge is -2.07. The number of rotatable bonds is 2. The molecule has 1 amide bonds. The van der Waals surface area contributed by atoms with E-state index in [2.05, 4.69) is 11.1 Å². The van der Waals surface area contributed by atoms with E-state index in [1.165, 1.54) is 0 Å². The molecule has 0 saturated carbocycles. The molecule has 3 aromatic rings. The molecule has 0 aliphatic heterocycles. The van der Waals surface area contributed by atoms with Crippen LogP contribution in [0.2, 0.25) is 0 Å². The standard InChI is InChI=1S/C17H11N3O/c18-10-13-3-1-2-4-14(13)12-6-5-11-7-8-20-16(17(19)21)15(11)9-12/h1-9H,(H2,19,21). The van der Waals surface area contributed by atoms with Gasteiger partial charge in [0.25, 0.3) is 5.91 Å². The molecule has 2 aromatic carbocycles. The van der Waals surface area contributed by atoms with Crippen LogP contribution < -0.4 is 5.73 Å². The Morgan fingerprint density at radius 1 is 1.14 bits per heavy atom. The molecule has 0 fully saturated rings. The van der Waals surface area contributed by atoms with Gasteiger partial charge in [-0.05, 0) is 34.7 Å². The van der Waals surface area contributed by atoms with Crippen molar-refractivity contribution in [3.05, 3.63) is 66.0 Å². The zero-order valence-electron chi connectivity index (χ0n) is 11.1. The smallest absolute Gasteiger partial charge is 0.267 e. The van der Waals surface area contributed by atoms with Crippen molar-refractivity contribution >= 4 is 16.7 Å². The molecule has 1 aromatic heterocycles. The lowest BCUT2D eigenvalue weighted by molar-refractivity contribution is 0.0997.